The van der Waals surface area contributed by atoms with Crippen LogP contribution in [0.25, 0.3) is 0 Å². The van der Waals surface area contributed by atoms with E-state index in [1.54, 1.807) is 14.2 Å². The third-order valence-corrected chi connectivity index (χ3v) is 5.38. The maximum absolute atomic E-state index is 5.39. The van der Waals surface area contributed by atoms with Gasteiger partial charge in [0.1, 0.15) is 0 Å². The van der Waals surface area contributed by atoms with Crippen LogP contribution in [0, 0.1) is 5.92 Å². The lowest BCUT2D eigenvalue weighted by atomic mass is 10.1. The molecule has 0 aromatic heterocycles. The number of nitrogens with one attached hydrogen (secondary N) is 2. The number of rotatable bonds is 9. The molecule has 2 unspecified atom stereocenters. The number of aryl methyl sites for hydroxylation is 1. The molecule has 1 heterocycles. The van der Waals surface area contributed by atoms with Crippen molar-refractivity contribution in [2.45, 2.75) is 52.6 Å². The van der Waals surface area contributed by atoms with Crippen molar-refractivity contribution in [3.63, 3.8) is 0 Å². The molecular formula is C22H39IN4O2. The maximum atomic E-state index is 5.39. The van der Waals surface area contributed by atoms with E-state index in [0.717, 1.165) is 56.5 Å². The van der Waals surface area contributed by atoms with Gasteiger partial charge in [0.25, 0.3) is 0 Å². The highest BCUT2D eigenvalue weighted by molar-refractivity contribution is 14.0. The fourth-order valence-electron chi connectivity index (χ4n) is 3.62. The summed E-state index contributed by atoms with van der Waals surface area (Å²) in [5.74, 6) is 3.10. The molecular weight excluding hydrogens is 479 g/mol. The number of nitrogens with zero attached hydrogens (tertiary/aromatic N) is 2. The maximum Gasteiger partial charge on any atom is 0.191 e. The minimum absolute atomic E-state index is 0. The van der Waals surface area contributed by atoms with Gasteiger partial charge in [0, 0.05) is 38.3 Å². The molecule has 2 rings (SSSR count). The third-order valence-electron chi connectivity index (χ3n) is 5.38. The Morgan fingerprint density at radius 1 is 1.21 bits per heavy atom. The zero-order valence-corrected chi connectivity index (χ0v) is 21.2. The van der Waals surface area contributed by atoms with Gasteiger partial charge in [-0.05, 0) is 57.2 Å². The molecule has 1 aromatic rings. The number of benzene rings is 1. The highest BCUT2D eigenvalue weighted by atomic mass is 127. The van der Waals surface area contributed by atoms with Crippen LogP contribution in [0.5, 0.6) is 11.5 Å². The molecule has 166 valence electrons. The molecule has 0 saturated carbocycles. The van der Waals surface area contributed by atoms with Crippen molar-refractivity contribution in [3.8, 4) is 11.5 Å². The van der Waals surface area contributed by atoms with Crippen molar-refractivity contribution in [2.75, 3.05) is 40.4 Å². The summed E-state index contributed by atoms with van der Waals surface area (Å²) in [7, 11) is 3.33. The van der Waals surface area contributed by atoms with Crippen LogP contribution in [-0.4, -0.2) is 63.3 Å². The van der Waals surface area contributed by atoms with Crippen LogP contribution in [0.1, 0.15) is 39.7 Å². The number of hydrogen-bond acceptors (Lipinski definition) is 4. The smallest absolute Gasteiger partial charge is 0.191 e. The summed E-state index contributed by atoms with van der Waals surface area (Å²) in [6.07, 6.45) is 1.95. The molecule has 1 aliphatic rings. The highest BCUT2D eigenvalue weighted by Crippen LogP contribution is 2.28. The molecule has 0 spiro atoms. The highest BCUT2D eigenvalue weighted by Gasteiger charge is 2.31. The lowest BCUT2D eigenvalue weighted by Gasteiger charge is -2.22. The summed E-state index contributed by atoms with van der Waals surface area (Å²) >= 11 is 0. The molecule has 6 nitrogen and oxygen atoms in total. The van der Waals surface area contributed by atoms with Gasteiger partial charge >= 0.3 is 0 Å². The first-order valence-electron chi connectivity index (χ1n) is 10.5. The topological polar surface area (TPSA) is 58.1 Å². The zero-order valence-electron chi connectivity index (χ0n) is 18.8. The Balaban J connectivity index is 0.00000420. The zero-order chi connectivity index (χ0) is 20.5. The minimum Gasteiger partial charge on any atom is -0.493 e. The van der Waals surface area contributed by atoms with Gasteiger partial charge in [0.15, 0.2) is 17.5 Å². The van der Waals surface area contributed by atoms with E-state index in [4.69, 9.17) is 14.5 Å². The largest absolute Gasteiger partial charge is 0.493 e. The second-order valence-corrected chi connectivity index (χ2v) is 7.83. The fourth-order valence-corrected chi connectivity index (χ4v) is 3.62. The van der Waals surface area contributed by atoms with Gasteiger partial charge < -0.3 is 20.1 Å². The van der Waals surface area contributed by atoms with Crippen LogP contribution in [0.4, 0.5) is 0 Å². The van der Waals surface area contributed by atoms with Gasteiger partial charge in [0.05, 0.1) is 14.2 Å². The average Bonchev–Trinajstić information content (AvgIpc) is 3.05. The molecule has 7 heteroatoms. The molecule has 0 radical (unpaired) electrons. The molecule has 0 amide bonds. The quantitative estimate of drug-likeness (QED) is 0.227. The van der Waals surface area contributed by atoms with Crippen LogP contribution < -0.4 is 20.1 Å². The Kier molecular flexibility index (Phi) is 11.7. The van der Waals surface area contributed by atoms with Gasteiger partial charge in [-0.3, -0.25) is 9.89 Å². The van der Waals surface area contributed by atoms with E-state index >= 15 is 0 Å². The molecule has 0 aliphatic carbocycles. The second kappa shape index (κ2) is 13.2. The summed E-state index contributed by atoms with van der Waals surface area (Å²) in [5.41, 5.74) is 1.24. The van der Waals surface area contributed by atoms with E-state index in [0.29, 0.717) is 18.0 Å². The standard InChI is InChI=1S/C22H38N4O2.HI/c1-7-23-22(25-19-15-26(16(2)3)14-17(19)4)24-12-8-9-18-10-11-20(27-5)21(13-18)28-6;/h10-11,13,16-17,19H,7-9,12,14-15H2,1-6H3,(H2,23,24,25);1H. The summed E-state index contributed by atoms with van der Waals surface area (Å²) in [5, 5.41) is 7.03. The van der Waals surface area contributed by atoms with Gasteiger partial charge in [-0.15, -0.1) is 24.0 Å². The van der Waals surface area contributed by atoms with Crippen LogP contribution in [-0.2, 0) is 6.42 Å². The van der Waals surface area contributed by atoms with Crippen molar-refractivity contribution in [1.29, 1.82) is 0 Å². The van der Waals surface area contributed by atoms with Crippen molar-refractivity contribution in [3.05, 3.63) is 23.8 Å². The van der Waals surface area contributed by atoms with Gasteiger partial charge in [-0.25, -0.2) is 0 Å². The Morgan fingerprint density at radius 2 is 1.93 bits per heavy atom. The van der Waals surface area contributed by atoms with E-state index < -0.39 is 0 Å². The predicted octanol–water partition coefficient (Wildman–Crippen LogP) is 3.54. The van der Waals surface area contributed by atoms with Crippen molar-refractivity contribution in [1.82, 2.24) is 15.5 Å². The summed E-state index contributed by atoms with van der Waals surface area (Å²) in [4.78, 5) is 7.32. The predicted molar refractivity (Wildman–Crippen MR) is 132 cm³/mol. The molecule has 1 saturated heterocycles. The van der Waals surface area contributed by atoms with E-state index in [2.05, 4.69) is 49.3 Å². The molecule has 1 aromatic carbocycles. The van der Waals surface area contributed by atoms with Crippen molar-refractivity contribution < 1.29 is 9.47 Å². The van der Waals surface area contributed by atoms with E-state index in [1.807, 2.05) is 12.1 Å². The monoisotopic (exact) mass is 518 g/mol. The van der Waals surface area contributed by atoms with E-state index in [9.17, 15) is 0 Å². The Labute approximate surface area is 193 Å². The number of aliphatic imine (C=N–C) groups is 1. The minimum atomic E-state index is 0. The first-order valence-corrected chi connectivity index (χ1v) is 10.5. The molecule has 2 atom stereocenters. The van der Waals surface area contributed by atoms with Crippen LogP contribution >= 0.6 is 24.0 Å². The van der Waals surface area contributed by atoms with E-state index in [-0.39, 0.29) is 24.0 Å². The number of ether oxygens (including phenoxy) is 2. The van der Waals surface area contributed by atoms with Crippen LogP contribution in [0.2, 0.25) is 0 Å². The van der Waals surface area contributed by atoms with Crippen molar-refractivity contribution >= 4 is 29.9 Å². The number of methoxy groups -OCH3 is 2. The molecule has 2 N–H and O–H groups in total. The molecule has 1 fully saturated rings. The Hall–Kier alpha value is -1.22. The lowest BCUT2D eigenvalue weighted by Crippen LogP contribution is -2.46. The fraction of sp³-hybridized carbons (Fsp3) is 0.682. The molecule has 1 aliphatic heterocycles. The molecule has 29 heavy (non-hydrogen) atoms. The molecule has 0 bridgehead atoms. The van der Waals surface area contributed by atoms with Crippen LogP contribution in [0.3, 0.4) is 0 Å². The SMILES string of the molecule is CCNC(=NCCCc1ccc(OC)c(OC)c1)NC1CN(C(C)C)CC1C.I. The normalized spacial score (nSPS) is 19.8. The van der Waals surface area contributed by atoms with Crippen LogP contribution in [0.15, 0.2) is 23.2 Å². The second-order valence-electron chi connectivity index (χ2n) is 7.83. The van der Waals surface area contributed by atoms with Gasteiger partial charge in [0.2, 0.25) is 0 Å². The van der Waals surface area contributed by atoms with Gasteiger partial charge in [-0.2, -0.15) is 0 Å². The Morgan fingerprint density at radius 3 is 2.52 bits per heavy atom. The first kappa shape index (κ1) is 25.8. The lowest BCUT2D eigenvalue weighted by molar-refractivity contribution is 0.265. The number of guanidine groups is 1. The number of hydrogen-bond donors (Lipinski definition) is 2. The number of halogens is 1. The average molecular weight is 518 g/mol. The van der Waals surface area contributed by atoms with E-state index in [1.165, 1.54) is 5.56 Å². The van der Waals surface area contributed by atoms with Crippen molar-refractivity contribution in [2.24, 2.45) is 10.9 Å². The summed E-state index contributed by atoms with van der Waals surface area (Å²) < 4.78 is 10.7. The first-order chi connectivity index (χ1) is 13.5. The summed E-state index contributed by atoms with van der Waals surface area (Å²) in [6.45, 7) is 12.9. The number of likely N-dealkylation sites (tertiary alicyclic amines) is 1. The van der Waals surface area contributed by atoms with Gasteiger partial charge in [-0.1, -0.05) is 13.0 Å². The Bertz CT molecular complexity index is 639. The third kappa shape index (κ3) is 7.85. The summed E-state index contributed by atoms with van der Waals surface area (Å²) in [6, 6.07) is 7.15.